The molecular weight excluding hydrogens is 286 g/mol. The number of rotatable bonds is 5. The third-order valence-corrected chi connectivity index (χ3v) is 3.68. The molecule has 0 aliphatic rings. The molecule has 1 aromatic heterocycles. The molecule has 1 amide bonds. The lowest BCUT2D eigenvalue weighted by Gasteiger charge is -2.20. The third kappa shape index (κ3) is 2.98. The van der Waals surface area contributed by atoms with Crippen LogP contribution in [-0.4, -0.2) is 33.2 Å². The summed E-state index contributed by atoms with van der Waals surface area (Å²) in [6, 6.07) is 5.54. The first-order chi connectivity index (χ1) is 10.5. The van der Waals surface area contributed by atoms with Gasteiger partial charge in [-0.1, -0.05) is 38.5 Å². The van der Waals surface area contributed by atoms with Gasteiger partial charge in [-0.3, -0.25) is 9.59 Å². The molecule has 0 aliphatic heterocycles. The maximum atomic E-state index is 12.3. The number of carboxylic acids is 1. The van der Waals surface area contributed by atoms with Gasteiger partial charge in [0.25, 0.3) is 11.5 Å². The highest BCUT2D eigenvalue weighted by molar-refractivity contribution is 6.05. The third-order valence-electron chi connectivity index (χ3n) is 3.68. The molecule has 22 heavy (non-hydrogen) atoms. The Balaban J connectivity index is 2.40. The fourth-order valence-electron chi connectivity index (χ4n) is 2.18. The Hall–Kier alpha value is -2.70. The summed E-state index contributed by atoms with van der Waals surface area (Å²) in [5.74, 6) is -1.95. The summed E-state index contributed by atoms with van der Waals surface area (Å²) >= 11 is 0. The van der Waals surface area contributed by atoms with E-state index in [-0.39, 0.29) is 11.6 Å². The molecule has 2 aromatic rings. The van der Waals surface area contributed by atoms with E-state index in [1.165, 1.54) is 0 Å². The maximum absolute atomic E-state index is 12.3. The Bertz CT molecular complexity index is 769. The van der Waals surface area contributed by atoms with Gasteiger partial charge in [0.1, 0.15) is 6.04 Å². The topological polar surface area (TPSA) is 112 Å². The molecule has 0 saturated carbocycles. The standard InChI is InChI=1S/C15H17N3O4/c1-3-8(2)11(15(21)22)16-14(20)12-9-6-4-5-7-10(9)13(19)18-17-12/h4-8,11H,3H2,1-2H3,(H,16,20)(H,18,19)(H,21,22)/t8-,11-/m1/s1. The van der Waals surface area contributed by atoms with Crippen molar-refractivity contribution in [2.45, 2.75) is 26.3 Å². The van der Waals surface area contributed by atoms with Crippen LogP contribution in [0, 0.1) is 5.92 Å². The van der Waals surface area contributed by atoms with Gasteiger partial charge in [0.2, 0.25) is 0 Å². The molecule has 0 spiro atoms. The number of aromatic nitrogens is 2. The minimum absolute atomic E-state index is 0.00440. The summed E-state index contributed by atoms with van der Waals surface area (Å²) in [5, 5.41) is 18.4. The van der Waals surface area contributed by atoms with E-state index in [2.05, 4.69) is 15.5 Å². The van der Waals surface area contributed by atoms with Gasteiger partial charge in [-0.2, -0.15) is 5.10 Å². The molecule has 0 aliphatic carbocycles. The molecule has 2 atom stereocenters. The normalized spacial score (nSPS) is 13.5. The van der Waals surface area contributed by atoms with Crippen molar-refractivity contribution < 1.29 is 14.7 Å². The van der Waals surface area contributed by atoms with Crippen molar-refractivity contribution in [2.24, 2.45) is 5.92 Å². The SMILES string of the molecule is CC[C@@H](C)[C@@H](NC(=O)c1n[nH]c(=O)c2ccccc12)C(=O)O. The second kappa shape index (κ2) is 6.38. The van der Waals surface area contributed by atoms with Crippen molar-refractivity contribution in [3.05, 3.63) is 40.3 Å². The van der Waals surface area contributed by atoms with Crippen molar-refractivity contribution in [1.82, 2.24) is 15.5 Å². The molecule has 0 bridgehead atoms. The van der Waals surface area contributed by atoms with Crippen LogP contribution in [0.2, 0.25) is 0 Å². The molecule has 0 radical (unpaired) electrons. The molecule has 1 aromatic carbocycles. The number of fused-ring (bicyclic) bond motifs is 1. The van der Waals surface area contributed by atoms with E-state index in [0.29, 0.717) is 17.2 Å². The highest BCUT2D eigenvalue weighted by Crippen LogP contribution is 2.14. The van der Waals surface area contributed by atoms with Crippen molar-refractivity contribution in [3.63, 3.8) is 0 Å². The van der Waals surface area contributed by atoms with Gasteiger partial charge >= 0.3 is 5.97 Å². The molecule has 0 saturated heterocycles. The van der Waals surface area contributed by atoms with Gasteiger partial charge in [-0.05, 0) is 12.0 Å². The Morgan fingerprint density at radius 3 is 2.55 bits per heavy atom. The molecule has 2 rings (SSSR count). The molecule has 7 nitrogen and oxygen atoms in total. The number of carbonyl (C=O) groups is 2. The summed E-state index contributed by atoms with van der Waals surface area (Å²) < 4.78 is 0. The largest absolute Gasteiger partial charge is 0.480 e. The first-order valence-electron chi connectivity index (χ1n) is 6.96. The van der Waals surface area contributed by atoms with E-state index in [1.54, 1.807) is 31.2 Å². The molecular formula is C15H17N3O4. The summed E-state index contributed by atoms with van der Waals surface area (Å²) in [5.41, 5.74) is -0.395. The van der Waals surface area contributed by atoms with Gasteiger partial charge in [0.15, 0.2) is 5.69 Å². The number of nitrogens with zero attached hydrogens (tertiary/aromatic N) is 1. The fourth-order valence-corrected chi connectivity index (χ4v) is 2.18. The predicted molar refractivity (Wildman–Crippen MR) is 80.7 cm³/mol. The monoisotopic (exact) mass is 303 g/mol. The van der Waals surface area contributed by atoms with Crippen LogP contribution in [-0.2, 0) is 4.79 Å². The van der Waals surface area contributed by atoms with Gasteiger partial charge in [0, 0.05) is 5.39 Å². The number of benzene rings is 1. The number of hydrogen-bond acceptors (Lipinski definition) is 4. The summed E-state index contributed by atoms with van der Waals surface area (Å²) in [6.45, 7) is 3.60. The average Bonchev–Trinajstić information content (AvgIpc) is 2.52. The number of amides is 1. The van der Waals surface area contributed by atoms with Crippen molar-refractivity contribution in [1.29, 1.82) is 0 Å². The Kier molecular flexibility index (Phi) is 4.55. The fraction of sp³-hybridized carbons (Fsp3) is 0.333. The summed E-state index contributed by atoms with van der Waals surface area (Å²) in [6.07, 6.45) is 0.608. The maximum Gasteiger partial charge on any atom is 0.326 e. The first kappa shape index (κ1) is 15.7. The smallest absolute Gasteiger partial charge is 0.326 e. The van der Waals surface area contributed by atoms with Crippen LogP contribution in [0.1, 0.15) is 30.8 Å². The second-order valence-corrected chi connectivity index (χ2v) is 5.12. The predicted octanol–water partition coefficient (Wildman–Crippen LogP) is 1.15. The van der Waals surface area contributed by atoms with E-state index in [4.69, 9.17) is 0 Å². The van der Waals surface area contributed by atoms with E-state index in [1.807, 2.05) is 6.92 Å². The summed E-state index contributed by atoms with van der Waals surface area (Å²) in [7, 11) is 0. The van der Waals surface area contributed by atoms with Gasteiger partial charge < -0.3 is 10.4 Å². The zero-order valence-corrected chi connectivity index (χ0v) is 12.3. The quantitative estimate of drug-likeness (QED) is 0.767. The van der Waals surface area contributed by atoms with E-state index in [0.717, 1.165) is 0 Å². The first-order valence-corrected chi connectivity index (χ1v) is 6.96. The van der Waals surface area contributed by atoms with Crippen LogP contribution in [0.15, 0.2) is 29.1 Å². The number of carbonyl (C=O) groups excluding carboxylic acids is 1. The Morgan fingerprint density at radius 1 is 1.32 bits per heavy atom. The lowest BCUT2D eigenvalue weighted by Crippen LogP contribution is -2.45. The Morgan fingerprint density at radius 2 is 1.95 bits per heavy atom. The van der Waals surface area contributed by atoms with Crippen LogP contribution in [0.25, 0.3) is 10.8 Å². The van der Waals surface area contributed by atoms with Crippen LogP contribution >= 0.6 is 0 Å². The molecule has 0 fully saturated rings. The number of aromatic amines is 1. The zero-order chi connectivity index (χ0) is 16.3. The lowest BCUT2D eigenvalue weighted by molar-refractivity contribution is -0.140. The van der Waals surface area contributed by atoms with Crippen molar-refractivity contribution >= 4 is 22.6 Å². The van der Waals surface area contributed by atoms with Crippen molar-refractivity contribution in [2.75, 3.05) is 0 Å². The van der Waals surface area contributed by atoms with E-state index in [9.17, 15) is 19.5 Å². The zero-order valence-electron chi connectivity index (χ0n) is 12.3. The number of H-pyrrole nitrogens is 1. The molecule has 116 valence electrons. The van der Waals surface area contributed by atoms with Crippen LogP contribution in [0.4, 0.5) is 0 Å². The average molecular weight is 303 g/mol. The minimum atomic E-state index is -1.10. The lowest BCUT2D eigenvalue weighted by atomic mass is 9.99. The highest BCUT2D eigenvalue weighted by atomic mass is 16.4. The number of aliphatic carboxylic acids is 1. The van der Waals surface area contributed by atoms with Gasteiger partial charge in [-0.25, -0.2) is 9.89 Å². The molecule has 3 N–H and O–H groups in total. The van der Waals surface area contributed by atoms with Crippen LogP contribution < -0.4 is 10.9 Å². The summed E-state index contributed by atoms with van der Waals surface area (Å²) in [4.78, 5) is 35.3. The minimum Gasteiger partial charge on any atom is -0.480 e. The number of nitrogens with one attached hydrogen (secondary N) is 2. The second-order valence-electron chi connectivity index (χ2n) is 5.12. The molecule has 1 heterocycles. The van der Waals surface area contributed by atoms with E-state index >= 15 is 0 Å². The highest BCUT2D eigenvalue weighted by Gasteiger charge is 2.27. The Labute approximate surface area is 126 Å². The molecule has 0 unspecified atom stereocenters. The van der Waals surface area contributed by atoms with Crippen LogP contribution in [0.3, 0.4) is 0 Å². The van der Waals surface area contributed by atoms with Gasteiger partial charge in [0.05, 0.1) is 5.39 Å². The number of hydrogen-bond donors (Lipinski definition) is 3. The molecule has 7 heteroatoms. The van der Waals surface area contributed by atoms with Crippen LogP contribution in [0.5, 0.6) is 0 Å². The number of carboxylic acid groups (broad SMARTS) is 1. The van der Waals surface area contributed by atoms with Crippen molar-refractivity contribution in [3.8, 4) is 0 Å². The van der Waals surface area contributed by atoms with Gasteiger partial charge in [-0.15, -0.1) is 0 Å². The van der Waals surface area contributed by atoms with E-state index < -0.39 is 23.5 Å².